The van der Waals surface area contributed by atoms with Crippen LogP contribution in [0.1, 0.15) is 25.7 Å². The predicted octanol–water partition coefficient (Wildman–Crippen LogP) is 1.16. The summed E-state index contributed by atoms with van der Waals surface area (Å²) < 4.78 is 0. The molecule has 1 saturated heterocycles. The molecular weight excluding hydrogens is 330 g/mol. The normalized spacial score (nSPS) is 19.9. The SMILES string of the molecule is CN(C[C@]1(O)CCN(c2ccnc3cccnc23)C1)C(=O)CCCCN. The lowest BCUT2D eigenvalue weighted by atomic mass is 10.0. The van der Waals surface area contributed by atoms with E-state index in [1.165, 1.54) is 0 Å². The molecule has 0 spiro atoms. The van der Waals surface area contributed by atoms with Crippen LogP contribution < -0.4 is 10.6 Å². The number of β-amino-alcohol motifs (C(OH)–C–C–N with tert-alkyl or cyclic N) is 1. The van der Waals surface area contributed by atoms with E-state index in [-0.39, 0.29) is 5.91 Å². The fourth-order valence-corrected chi connectivity index (χ4v) is 3.55. The van der Waals surface area contributed by atoms with Gasteiger partial charge in [0.05, 0.1) is 17.7 Å². The fraction of sp³-hybridized carbons (Fsp3) is 0.526. The Kier molecular flexibility index (Phi) is 5.68. The molecule has 0 aliphatic carbocycles. The maximum Gasteiger partial charge on any atom is 0.222 e. The highest BCUT2D eigenvalue weighted by Crippen LogP contribution is 2.31. The molecule has 1 aliphatic heterocycles. The van der Waals surface area contributed by atoms with E-state index in [4.69, 9.17) is 5.73 Å². The van der Waals surface area contributed by atoms with Crippen LogP contribution in [-0.4, -0.2) is 64.7 Å². The third-order valence-corrected chi connectivity index (χ3v) is 4.95. The molecule has 26 heavy (non-hydrogen) atoms. The lowest BCUT2D eigenvalue weighted by molar-refractivity contribution is -0.132. The van der Waals surface area contributed by atoms with Crippen molar-refractivity contribution < 1.29 is 9.90 Å². The van der Waals surface area contributed by atoms with Gasteiger partial charge in [-0.15, -0.1) is 0 Å². The Hall–Kier alpha value is -2.25. The number of hydrogen-bond acceptors (Lipinski definition) is 6. The molecule has 0 aromatic carbocycles. The second-order valence-corrected chi connectivity index (χ2v) is 7.09. The Labute approximate surface area is 153 Å². The third-order valence-electron chi connectivity index (χ3n) is 4.95. The summed E-state index contributed by atoms with van der Waals surface area (Å²) in [4.78, 5) is 24.8. The van der Waals surface area contributed by atoms with E-state index in [1.807, 2.05) is 18.2 Å². The summed E-state index contributed by atoms with van der Waals surface area (Å²) in [6.45, 7) is 2.13. The summed E-state index contributed by atoms with van der Waals surface area (Å²) in [5.74, 6) is 0.0568. The smallest absolute Gasteiger partial charge is 0.222 e. The molecule has 7 heteroatoms. The number of carbonyl (C=O) groups excluding carboxylic acids is 1. The van der Waals surface area contributed by atoms with Crippen molar-refractivity contribution in [3.05, 3.63) is 30.6 Å². The van der Waals surface area contributed by atoms with E-state index in [0.717, 1.165) is 36.1 Å². The first-order valence-electron chi connectivity index (χ1n) is 9.13. The molecule has 0 radical (unpaired) electrons. The first-order chi connectivity index (χ1) is 12.5. The van der Waals surface area contributed by atoms with Gasteiger partial charge in [-0.1, -0.05) is 0 Å². The molecule has 2 aromatic heterocycles. The molecule has 1 fully saturated rings. The van der Waals surface area contributed by atoms with Gasteiger partial charge < -0.3 is 20.6 Å². The van der Waals surface area contributed by atoms with Crippen LogP contribution in [0.4, 0.5) is 5.69 Å². The van der Waals surface area contributed by atoms with Gasteiger partial charge in [0.2, 0.25) is 5.91 Å². The summed E-state index contributed by atoms with van der Waals surface area (Å²) in [7, 11) is 1.76. The van der Waals surface area contributed by atoms with Gasteiger partial charge in [-0.25, -0.2) is 0 Å². The molecule has 3 rings (SSSR count). The largest absolute Gasteiger partial charge is 0.386 e. The standard InChI is InChI=1S/C19H27N5O2/c1-23(17(25)6-2-3-9-20)13-19(26)8-12-24(14-19)16-7-11-21-15-5-4-10-22-18(15)16/h4-5,7,10-11,26H,2-3,6,8-9,12-14,20H2,1H3/t19-/m1/s1. The van der Waals surface area contributed by atoms with Crippen molar-refractivity contribution >= 4 is 22.6 Å². The van der Waals surface area contributed by atoms with E-state index in [2.05, 4.69) is 14.9 Å². The summed E-state index contributed by atoms with van der Waals surface area (Å²) in [6.07, 6.45) is 6.25. The Balaban J connectivity index is 1.66. The quantitative estimate of drug-likeness (QED) is 0.722. The Morgan fingerprint density at radius 3 is 3.00 bits per heavy atom. The van der Waals surface area contributed by atoms with Crippen LogP contribution in [0.5, 0.6) is 0 Å². The van der Waals surface area contributed by atoms with Crippen molar-refractivity contribution in [2.75, 3.05) is 38.1 Å². The van der Waals surface area contributed by atoms with Crippen molar-refractivity contribution in [2.24, 2.45) is 5.73 Å². The number of unbranched alkanes of at least 4 members (excludes halogenated alkanes) is 1. The summed E-state index contributed by atoms with van der Waals surface area (Å²) in [6, 6.07) is 5.73. The number of carbonyl (C=O) groups is 1. The van der Waals surface area contributed by atoms with Gasteiger partial charge in [0.25, 0.3) is 0 Å². The molecule has 0 bridgehead atoms. The minimum absolute atomic E-state index is 0.0568. The van der Waals surface area contributed by atoms with Crippen LogP contribution in [0.25, 0.3) is 11.0 Å². The van der Waals surface area contributed by atoms with Gasteiger partial charge in [0, 0.05) is 39.0 Å². The highest BCUT2D eigenvalue weighted by molar-refractivity contribution is 5.87. The fourth-order valence-electron chi connectivity index (χ4n) is 3.55. The van der Waals surface area contributed by atoms with Crippen molar-refractivity contribution in [1.29, 1.82) is 0 Å². The lowest BCUT2D eigenvalue weighted by Gasteiger charge is -2.29. The number of nitrogens with two attached hydrogens (primary N) is 1. The topological polar surface area (TPSA) is 95.6 Å². The number of fused-ring (bicyclic) bond motifs is 1. The number of aliphatic hydroxyl groups is 1. The second kappa shape index (κ2) is 7.97. The number of amides is 1. The number of pyridine rings is 2. The number of anilines is 1. The molecule has 1 atom stereocenters. The molecular formula is C19H27N5O2. The van der Waals surface area contributed by atoms with E-state index in [9.17, 15) is 9.90 Å². The van der Waals surface area contributed by atoms with Gasteiger partial charge in [-0.2, -0.15) is 0 Å². The lowest BCUT2D eigenvalue weighted by Crippen LogP contribution is -2.45. The van der Waals surface area contributed by atoms with Crippen LogP contribution in [-0.2, 0) is 4.79 Å². The minimum atomic E-state index is -0.914. The first kappa shape index (κ1) is 18.5. The highest BCUT2D eigenvalue weighted by atomic mass is 16.3. The summed E-state index contributed by atoms with van der Waals surface area (Å²) >= 11 is 0. The summed E-state index contributed by atoms with van der Waals surface area (Å²) in [5.41, 5.74) is 7.21. The molecule has 7 nitrogen and oxygen atoms in total. The zero-order chi connectivity index (χ0) is 18.6. The molecule has 0 unspecified atom stereocenters. The number of hydrogen-bond donors (Lipinski definition) is 2. The number of nitrogens with zero attached hydrogens (tertiary/aromatic N) is 4. The van der Waals surface area contributed by atoms with Crippen molar-refractivity contribution in [1.82, 2.24) is 14.9 Å². The van der Waals surface area contributed by atoms with Gasteiger partial charge in [0.15, 0.2) is 0 Å². The van der Waals surface area contributed by atoms with Crippen LogP contribution in [0, 0.1) is 0 Å². The predicted molar refractivity (Wildman–Crippen MR) is 102 cm³/mol. The molecule has 140 valence electrons. The maximum absolute atomic E-state index is 12.2. The summed E-state index contributed by atoms with van der Waals surface area (Å²) in [5, 5.41) is 11.0. The van der Waals surface area contributed by atoms with Gasteiger partial charge in [0.1, 0.15) is 11.1 Å². The second-order valence-electron chi connectivity index (χ2n) is 7.09. The zero-order valence-corrected chi connectivity index (χ0v) is 15.3. The Morgan fingerprint density at radius 1 is 1.35 bits per heavy atom. The van der Waals surface area contributed by atoms with Crippen molar-refractivity contribution in [3.8, 4) is 0 Å². The molecule has 0 saturated carbocycles. The number of likely N-dealkylation sites (N-methyl/N-ethyl adjacent to an activating group) is 1. The number of rotatable bonds is 7. The molecule has 1 aliphatic rings. The third kappa shape index (κ3) is 4.11. The van der Waals surface area contributed by atoms with E-state index in [0.29, 0.717) is 32.5 Å². The molecule has 3 heterocycles. The minimum Gasteiger partial charge on any atom is -0.386 e. The van der Waals surface area contributed by atoms with Crippen LogP contribution in [0.15, 0.2) is 30.6 Å². The van der Waals surface area contributed by atoms with Gasteiger partial charge >= 0.3 is 0 Å². The van der Waals surface area contributed by atoms with Crippen LogP contribution in [0.3, 0.4) is 0 Å². The van der Waals surface area contributed by atoms with Crippen LogP contribution >= 0.6 is 0 Å². The Bertz CT molecular complexity index is 763. The van der Waals surface area contributed by atoms with E-state index in [1.54, 1.807) is 24.3 Å². The monoisotopic (exact) mass is 357 g/mol. The number of aromatic nitrogens is 2. The first-order valence-corrected chi connectivity index (χ1v) is 9.13. The van der Waals surface area contributed by atoms with Crippen molar-refractivity contribution in [2.45, 2.75) is 31.3 Å². The van der Waals surface area contributed by atoms with Crippen LogP contribution in [0.2, 0.25) is 0 Å². The molecule has 2 aromatic rings. The van der Waals surface area contributed by atoms with Crippen molar-refractivity contribution in [3.63, 3.8) is 0 Å². The highest BCUT2D eigenvalue weighted by Gasteiger charge is 2.38. The Morgan fingerprint density at radius 2 is 2.19 bits per heavy atom. The van der Waals surface area contributed by atoms with E-state index < -0.39 is 5.60 Å². The molecule has 3 N–H and O–H groups in total. The average molecular weight is 357 g/mol. The zero-order valence-electron chi connectivity index (χ0n) is 15.3. The van der Waals surface area contributed by atoms with Gasteiger partial charge in [-0.3, -0.25) is 14.8 Å². The van der Waals surface area contributed by atoms with E-state index >= 15 is 0 Å². The average Bonchev–Trinajstić information content (AvgIpc) is 3.03. The van der Waals surface area contributed by atoms with Gasteiger partial charge in [-0.05, 0) is 44.0 Å². The molecule has 1 amide bonds. The maximum atomic E-state index is 12.2.